The van der Waals surface area contributed by atoms with Crippen LogP contribution < -0.4 is 4.74 Å². The number of nitrogens with zero attached hydrogens (tertiary/aromatic N) is 1. The van der Waals surface area contributed by atoms with Crippen molar-refractivity contribution < 1.29 is 23.5 Å². The molecule has 0 aliphatic rings. The molecule has 0 unspecified atom stereocenters. The van der Waals surface area contributed by atoms with Crippen molar-refractivity contribution in [2.24, 2.45) is 0 Å². The van der Waals surface area contributed by atoms with Crippen molar-refractivity contribution in [1.29, 1.82) is 0 Å². The minimum Gasteiger partial charge on any atom is -0.497 e. The van der Waals surface area contributed by atoms with E-state index < -0.39 is 5.97 Å². The van der Waals surface area contributed by atoms with E-state index in [1.165, 1.54) is 0 Å². The average molecular weight is 383 g/mol. The number of methoxy groups -OCH3 is 1. The number of benzene rings is 1. The lowest BCUT2D eigenvalue weighted by Crippen LogP contribution is -2.15. The highest BCUT2D eigenvalue weighted by atomic mass is 16.5. The maximum Gasteiger partial charge on any atom is 0.375 e. The van der Waals surface area contributed by atoms with Crippen LogP contribution in [0.3, 0.4) is 0 Å². The Morgan fingerprint density at radius 1 is 1.14 bits per heavy atom. The number of hydrogen-bond donors (Lipinski definition) is 0. The molecule has 148 valence electrons. The minimum absolute atomic E-state index is 0.104. The zero-order valence-electron chi connectivity index (χ0n) is 16.9. The van der Waals surface area contributed by atoms with Crippen molar-refractivity contribution in [3.05, 3.63) is 52.5 Å². The molecule has 6 nitrogen and oxygen atoms in total. The third-order valence-corrected chi connectivity index (χ3v) is 4.98. The molecule has 3 aromatic rings. The number of ketones is 1. The number of ether oxygens (including phenoxy) is 2. The van der Waals surface area contributed by atoms with Gasteiger partial charge >= 0.3 is 5.97 Å². The van der Waals surface area contributed by atoms with Gasteiger partial charge in [0.15, 0.2) is 6.61 Å². The molecule has 28 heavy (non-hydrogen) atoms. The Bertz CT molecular complexity index is 1040. The normalized spacial score (nSPS) is 11.0. The summed E-state index contributed by atoms with van der Waals surface area (Å²) in [5.41, 5.74) is 3.74. The molecule has 0 saturated carbocycles. The maximum absolute atomic E-state index is 12.6. The molecule has 6 heteroatoms. The number of aromatic nitrogens is 1. The summed E-state index contributed by atoms with van der Waals surface area (Å²) in [6, 6.07) is 7.15. The molecular formula is C22H25NO5. The van der Waals surface area contributed by atoms with Crippen molar-refractivity contribution in [3.8, 4) is 5.75 Å². The standard InChI is InChI=1S/C22H25NO5/c1-6-9-23-13(2)10-18(15(23)4)19(24)12-27-22(25)21-14(3)17-11-16(26-5)7-8-20(17)28-21/h7-8,10-11H,6,9,12H2,1-5H3. The first kappa shape index (κ1) is 19.7. The molecule has 0 saturated heterocycles. The summed E-state index contributed by atoms with van der Waals surface area (Å²) in [4.78, 5) is 25.1. The van der Waals surface area contributed by atoms with Crippen LogP contribution in [0.4, 0.5) is 0 Å². The van der Waals surface area contributed by atoms with Gasteiger partial charge in [-0.05, 0) is 51.5 Å². The highest BCUT2D eigenvalue weighted by molar-refractivity contribution is 6.01. The largest absolute Gasteiger partial charge is 0.497 e. The van der Waals surface area contributed by atoms with E-state index in [1.807, 2.05) is 19.9 Å². The topological polar surface area (TPSA) is 70.7 Å². The molecule has 3 rings (SSSR count). The summed E-state index contributed by atoms with van der Waals surface area (Å²) in [6.07, 6.45) is 0.981. The molecule has 0 spiro atoms. The number of fused-ring (bicyclic) bond motifs is 1. The van der Waals surface area contributed by atoms with E-state index in [4.69, 9.17) is 13.9 Å². The van der Waals surface area contributed by atoms with Crippen molar-refractivity contribution >= 4 is 22.7 Å². The van der Waals surface area contributed by atoms with E-state index in [2.05, 4.69) is 11.5 Å². The Balaban J connectivity index is 1.75. The highest BCUT2D eigenvalue weighted by Gasteiger charge is 2.22. The smallest absolute Gasteiger partial charge is 0.375 e. The van der Waals surface area contributed by atoms with Crippen molar-refractivity contribution in [3.63, 3.8) is 0 Å². The lowest BCUT2D eigenvalue weighted by Gasteiger charge is -2.08. The fraction of sp³-hybridized carbons (Fsp3) is 0.364. The molecule has 2 heterocycles. The number of rotatable bonds is 7. The fourth-order valence-electron chi connectivity index (χ4n) is 3.45. The van der Waals surface area contributed by atoms with Gasteiger partial charge in [0.25, 0.3) is 0 Å². The van der Waals surface area contributed by atoms with E-state index in [9.17, 15) is 9.59 Å². The molecule has 0 bridgehead atoms. The summed E-state index contributed by atoms with van der Waals surface area (Å²) in [5, 5.41) is 0.778. The van der Waals surface area contributed by atoms with Crippen LogP contribution in [0.15, 0.2) is 28.7 Å². The van der Waals surface area contributed by atoms with Gasteiger partial charge in [0, 0.05) is 34.4 Å². The summed E-state index contributed by atoms with van der Waals surface area (Å²) in [6.45, 7) is 8.28. The van der Waals surface area contributed by atoms with Gasteiger partial charge in [-0.2, -0.15) is 0 Å². The quantitative estimate of drug-likeness (QED) is 0.440. The van der Waals surface area contributed by atoms with Gasteiger partial charge in [-0.25, -0.2) is 4.79 Å². The van der Waals surface area contributed by atoms with Crippen molar-refractivity contribution in [2.45, 2.75) is 40.7 Å². The Morgan fingerprint density at radius 2 is 1.89 bits per heavy atom. The van der Waals surface area contributed by atoms with E-state index in [0.717, 1.165) is 29.7 Å². The Hall–Kier alpha value is -3.02. The lowest BCUT2D eigenvalue weighted by atomic mass is 10.1. The summed E-state index contributed by atoms with van der Waals surface area (Å²) < 4.78 is 18.2. The van der Waals surface area contributed by atoms with Crippen LogP contribution in [0, 0.1) is 20.8 Å². The van der Waals surface area contributed by atoms with Crippen LogP contribution >= 0.6 is 0 Å². The van der Waals surface area contributed by atoms with Crippen molar-refractivity contribution in [2.75, 3.05) is 13.7 Å². The molecule has 1 aromatic carbocycles. The van der Waals surface area contributed by atoms with E-state index in [0.29, 0.717) is 22.5 Å². The zero-order chi connectivity index (χ0) is 20.4. The number of Topliss-reactive ketones (excluding diaryl/α,β-unsaturated/α-hetero) is 1. The van der Waals surface area contributed by atoms with Crippen LogP contribution in [0.25, 0.3) is 11.0 Å². The number of furan rings is 1. The molecular weight excluding hydrogens is 358 g/mol. The molecule has 0 fully saturated rings. The van der Waals surface area contributed by atoms with Crippen molar-refractivity contribution in [1.82, 2.24) is 4.57 Å². The molecule has 0 aliphatic heterocycles. The van der Waals surface area contributed by atoms with Crippen LogP contribution in [0.5, 0.6) is 5.75 Å². The minimum atomic E-state index is -0.650. The van der Waals surface area contributed by atoms with E-state index >= 15 is 0 Å². The molecule has 0 atom stereocenters. The SMILES string of the molecule is CCCn1c(C)cc(C(=O)COC(=O)c2oc3ccc(OC)cc3c2C)c1C. The van der Waals surface area contributed by atoms with Gasteiger partial charge < -0.3 is 18.5 Å². The van der Waals surface area contributed by atoms with Crippen LogP contribution in [-0.4, -0.2) is 30.0 Å². The Labute approximate surface area is 164 Å². The lowest BCUT2D eigenvalue weighted by molar-refractivity contribution is 0.0445. The highest BCUT2D eigenvalue weighted by Crippen LogP contribution is 2.29. The second-order valence-corrected chi connectivity index (χ2v) is 6.85. The third kappa shape index (κ3) is 3.54. The van der Waals surface area contributed by atoms with Gasteiger partial charge in [0.1, 0.15) is 11.3 Å². The second kappa shape index (κ2) is 7.92. The molecule has 0 N–H and O–H groups in total. The predicted octanol–water partition coefficient (Wildman–Crippen LogP) is 4.62. The number of carbonyl (C=O) groups excluding carboxylic acids is 2. The average Bonchev–Trinajstić information content (AvgIpc) is 3.17. The summed E-state index contributed by atoms with van der Waals surface area (Å²) in [5.74, 6) is -0.0935. The van der Waals surface area contributed by atoms with E-state index in [-0.39, 0.29) is 18.2 Å². The maximum atomic E-state index is 12.6. The first-order valence-electron chi connectivity index (χ1n) is 9.31. The number of hydrogen-bond acceptors (Lipinski definition) is 5. The van der Waals surface area contributed by atoms with Gasteiger partial charge in [0.05, 0.1) is 7.11 Å². The number of carbonyl (C=O) groups is 2. The van der Waals surface area contributed by atoms with E-state index in [1.54, 1.807) is 32.2 Å². The Morgan fingerprint density at radius 3 is 2.57 bits per heavy atom. The fourth-order valence-corrected chi connectivity index (χ4v) is 3.45. The molecule has 2 aromatic heterocycles. The van der Waals surface area contributed by atoms with Gasteiger partial charge in [-0.3, -0.25) is 4.79 Å². The number of aryl methyl sites for hydroxylation is 2. The molecule has 0 amide bonds. The van der Waals surface area contributed by atoms with Gasteiger partial charge in [-0.15, -0.1) is 0 Å². The monoisotopic (exact) mass is 383 g/mol. The van der Waals surface area contributed by atoms with Gasteiger partial charge in [0.2, 0.25) is 11.5 Å². The van der Waals surface area contributed by atoms with Crippen LogP contribution in [0.2, 0.25) is 0 Å². The summed E-state index contributed by atoms with van der Waals surface area (Å²) >= 11 is 0. The van der Waals surface area contributed by atoms with Crippen LogP contribution in [-0.2, 0) is 11.3 Å². The third-order valence-electron chi connectivity index (χ3n) is 4.98. The molecule has 0 aliphatic carbocycles. The zero-order valence-corrected chi connectivity index (χ0v) is 16.9. The van der Waals surface area contributed by atoms with Crippen LogP contribution in [0.1, 0.15) is 51.2 Å². The first-order chi connectivity index (χ1) is 13.4. The predicted molar refractivity (Wildman–Crippen MR) is 106 cm³/mol. The first-order valence-corrected chi connectivity index (χ1v) is 9.31. The summed E-state index contributed by atoms with van der Waals surface area (Å²) in [7, 11) is 1.58. The second-order valence-electron chi connectivity index (χ2n) is 6.85. The molecule has 0 radical (unpaired) electrons. The number of esters is 1. The Kier molecular flexibility index (Phi) is 5.58. The van der Waals surface area contributed by atoms with Gasteiger partial charge in [-0.1, -0.05) is 6.92 Å².